The molecule has 0 aliphatic heterocycles. The summed E-state index contributed by atoms with van der Waals surface area (Å²) in [6, 6.07) is 1.85. The zero-order chi connectivity index (χ0) is 14.6. The lowest BCUT2D eigenvalue weighted by molar-refractivity contribution is -0.275. The van der Waals surface area contributed by atoms with Gasteiger partial charge in [-0.2, -0.15) is 0 Å². The molecule has 0 amide bonds. The lowest BCUT2D eigenvalue weighted by Gasteiger charge is -2.14. The van der Waals surface area contributed by atoms with Gasteiger partial charge < -0.3 is 15.2 Å². The van der Waals surface area contributed by atoms with Gasteiger partial charge in [-0.05, 0) is 17.7 Å². The van der Waals surface area contributed by atoms with Crippen molar-refractivity contribution in [1.29, 1.82) is 0 Å². The van der Waals surface area contributed by atoms with Crippen LogP contribution in [0.2, 0.25) is 0 Å². The van der Waals surface area contributed by atoms with Crippen molar-refractivity contribution in [2.75, 3.05) is 7.11 Å². The highest BCUT2D eigenvalue weighted by atomic mass is 19.4. The highest BCUT2D eigenvalue weighted by Crippen LogP contribution is 2.28. The number of hydrogen-bond donors (Lipinski definition) is 1. The Hall–Kier alpha value is -1.83. The van der Waals surface area contributed by atoms with Crippen LogP contribution in [0.25, 0.3) is 0 Å². The SMILES string of the molecule is COC(=O)C[C@H](N)c1ccc(F)c(OC(F)(F)F)c1. The maximum absolute atomic E-state index is 13.1. The topological polar surface area (TPSA) is 61.5 Å². The van der Waals surface area contributed by atoms with E-state index in [-0.39, 0.29) is 12.0 Å². The fraction of sp³-hybridized carbons (Fsp3) is 0.364. The van der Waals surface area contributed by atoms with E-state index in [1.54, 1.807) is 0 Å². The normalized spacial score (nSPS) is 12.9. The quantitative estimate of drug-likeness (QED) is 0.679. The zero-order valence-electron chi connectivity index (χ0n) is 9.83. The number of esters is 1. The van der Waals surface area contributed by atoms with Crippen LogP contribution in [0.3, 0.4) is 0 Å². The molecule has 4 nitrogen and oxygen atoms in total. The van der Waals surface area contributed by atoms with E-state index >= 15 is 0 Å². The summed E-state index contributed by atoms with van der Waals surface area (Å²) in [5, 5.41) is 0. The van der Waals surface area contributed by atoms with Gasteiger partial charge in [-0.15, -0.1) is 13.2 Å². The summed E-state index contributed by atoms with van der Waals surface area (Å²) in [6.45, 7) is 0. The fourth-order valence-electron chi connectivity index (χ4n) is 1.33. The molecule has 8 heteroatoms. The summed E-state index contributed by atoms with van der Waals surface area (Å²) in [5.41, 5.74) is 5.72. The molecule has 0 aliphatic rings. The van der Waals surface area contributed by atoms with Crippen molar-refractivity contribution in [2.24, 2.45) is 5.73 Å². The third-order valence-electron chi connectivity index (χ3n) is 2.22. The number of ether oxygens (including phenoxy) is 2. The van der Waals surface area contributed by atoms with Crippen LogP contribution in [0.4, 0.5) is 17.6 Å². The van der Waals surface area contributed by atoms with E-state index in [1.165, 1.54) is 6.07 Å². The van der Waals surface area contributed by atoms with Crippen LogP contribution in [0.15, 0.2) is 18.2 Å². The Bertz CT molecular complexity index is 462. The molecule has 0 heterocycles. The van der Waals surface area contributed by atoms with Gasteiger partial charge in [0.25, 0.3) is 0 Å². The van der Waals surface area contributed by atoms with Crippen LogP contribution in [0.1, 0.15) is 18.0 Å². The standard InChI is InChI=1S/C11H11F4NO3/c1-18-10(17)5-8(16)6-2-3-7(12)9(4-6)19-11(13,14)15/h2-4,8H,5,16H2,1H3/t8-/m0/s1. The largest absolute Gasteiger partial charge is 0.573 e. The summed E-state index contributed by atoms with van der Waals surface area (Å²) >= 11 is 0. The lowest BCUT2D eigenvalue weighted by Crippen LogP contribution is -2.19. The van der Waals surface area contributed by atoms with Gasteiger partial charge in [-0.1, -0.05) is 6.07 Å². The molecule has 0 bridgehead atoms. The van der Waals surface area contributed by atoms with Gasteiger partial charge in [0, 0.05) is 6.04 Å². The first-order valence-electron chi connectivity index (χ1n) is 5.10. The predicted molar refractivity (Wildman–Crippen MR) is 56.6 cm³/mol. The predicted octanol–water partition coefficient (Wildman–Crippen LogP) is 2.29. The zero-order valence-corrected chi connectivity index (χ0v) is 9.83. The van der Waals surface area contributed by atoms with Gasteiger partial charge in [0.1, 0.15) is 0 Å². The summed E-state index contributed by atoms with van der Waals surface area (Å²) in [6.07, 6.45) is -5.25. The molecule has 106 valence electrons. The smallest absolute Gasteiger partial charge is 0.469 e. The van der Waals surface area contributed by atoms with E-state index in [0.717, 1.165) is 19.2 Å². The van der Waals surface area contributed by atoms with Gasteiger partial charge in [0.05, 0.1) is 13.5 Å². The molecular weight excluding hydrogens is 270 g/mol. The third-order valence-corrected chi connectivity index (χ3v) is 2.22. The number of nitrogens with two attached hydrogens (primary N) is 1. The molecule has 0 saturated heterocycles. The number of alkyl halides is 3. The molecule has 2 N–H and O–H groups in total. The summed E-state index contributed by atoms with van der Waals surface area (Å²) in [7, 11) is 1.15. The molecule has 1 rings (SSSR count). The van der Waals surface area contributed by atoms with Crippen molar-refractivity contribution in [1.82, 2.24) is 0 Å². The van der Waals surface area contributed by atoms with Crippen molar-refractivity contribution >= 4 is 5.97 Å². The number of methoxy groups -OCH3 is 1. The maximum Gasteiger partial charge on any atom is 0.573 e. The van der Waals surface area contributed by atoms with Gasteiger partial charge in [-0.25, -0.2) is 4.39 Å². The minimum atomic E-state index is -5.01. The molecular formula is C11H11F4NO3. The number of halogens is 4. The highest BCUT2D eigenvalue weighted by molar-refractivity contribution is 5.70. The maximum atomic E-state index is 13.1. The second-order valence-corrected chi connectivity index (χ2v) is 3.62. The van der Waals surface area contributed by atoms with E-state index in [4.69, 9.17) is 5.73 Å². The second-order valence-electron chi connectivity index (χ2n) is 3.62. The molecule has 1 atom stereocenters. The number of carbonyl (C=O) groups is 1. The van der Waals surface area contributed by atoms with E-state index in [9.17, 15) is 22.4 Å². The Morgan fingerprint density at radius 2 is 2.05 bits per heavy atom. The molecule has 1 aromatic carbocycles. The Morgan fingerprint density at radius 1 is 1.42 bits per heavy atom. The second kappa shape index (κ2) is 5.87. The van der Waals surface area contributed by atoms with Crippen LogP contribution in [0.5, 0.6) is 5.75 Å². The average Bonchev–Trinajstić information content (AvgIpc) is 2.29. The average molecular weight is 281 g/mol. The first kappa shape index (κ1) is 15.2. The van der Waals surface area contributed by atoms with Crippen molar-refractivity contribution in [3.63, 3.8) is 0 Å². The number of carbonyl (C=O) groups excluding carboxylic acids is 1. The molecule has 0 fully saturated rings. The third kappa shape index (κ3) is 4.74. The summed E-state index contributed by atoms with van der Waals surface area (Å²) in [4.78, 5) is 11.0. The molecule has 19 heavy (non-hydrogen) atoms. The first-order valence-corrected chi connectivity index (χ1v) is 5.10. The van der Waals surface area contributed by atoms with Gasteiger partial charge >= 0.3 is 12.3 Å². The van der Waals surface area contributed by atoms with Crippen LogP contribution >= 0.6 is 0 Å². The Labute approximate surface area is 106 Å². The van der Waals surface area contributed by atoms with Gasteiger partial charge in [0.15, 0.2) is 11.6 Å². The van der Waals surface area contributed by atoms with E-state index < -0.39 is 29.9 Å². The number of hydrogen-bond acceptors (Lipinski definition) is 4. The van der Waals surface area contributed by atoms with Crippen LogP contribution in [0, 0.1) is 5.82 Å². The van der Waals surface area contributed by atoms with Crippen LogP contribution in [-0.2, 0) is 9.53 Å². The number of rotatable bonds is 4. The van der Waals surface area contributed by atoms with Gasteiger partial charge in [-0.3, -0.25) is 4.79 Å². The molecule has 0 aliphatic carbocycles. The van der Waals surface area contributed by atoms with E-state index in [1.807, 2.05) is 0 Å². The molecule has 0 spiro atoms. The Kier molecular flexibility index (Phi) is 4.71. The lowest BCUT2D eigenvalue weighted by atomic mass is 10.0. The molecule has 0 aromatic heterocycles. The molecule has 0 unspecified atom stereocenters. The summed E-state index contributed by atoms with van der Waals surface area (Å²) < 4.78 is 57.1. The van der Waals surface area contributed by atoms with Gasteiger partial charge in [0.2, 0.25) is 0 Å². The summed E-state index contributed by atoms with van der Waals surface area (Å²) in [5.74, 6) is -2.80. The van der Waals surface area contributed by atoms with Crippen molar-refractivity contribution in [3.8, 4) is 5.75 Å². The molecule has 0 saturated carbocycles. The number of benzene rings is 1. The highest BCUT2D eigenvalue weighted by Gasteiger charge is 2.32. The monoisotopic (exact) mass is 281 g/mol. The van der Waals surface area contributed by atoms with E-state index in [0.29, 0.717) is 0 Å². The van der Waals surface area contributed by atoms with Crippen molar-refractivity contribution in [2.45, 2.75) is 18.8 Å². The van der Waals surface area contributed by atoms with Crippen LogP contribution in [-0.4, -0.2) is 19.4 Å². The van der Waals surface area contributed by atoms with Crippen molar-refractivity contribution < 1.29 is 31.8 Å². The molecule has 1 aromatic rings. The fourth-order valence-corrected chi connectivity index (χ4v) is 1.33. The minimum absolute atomic E-state index is 0.131. The minimum Gasteiger partial charge on any atom is -0.469 e. The first-order chi connectivity index (χ1) is 8.73. The Morgan fingerprint density at radius 3 is 2.58 bits per heavy atom. The Balaban J connectivity index is 2.92. The van der Waals surface area contributed by atoms with Crippen LogP contribution < -0.4 is 10.5 Å². The molecule has 0 radical (unpaired) electrons. The van der Waals surface area contributed by atoms with Crippen molar-refractivity contribution in [3.05, 3.63) is 29.6 Å². The van der Waals surface area contributed by atoms with E-state index in [2.05, 4.69) is 9.47 Å².